The van der Waals surface area contributed by atoms with Gasteiger partial charge in [0, 0.05) is 55.6 Å². The average Bonchev–Trinajstić information content (AvgIpc) is 3.88. The Bertz CT molecular complexity index is 1950. The highest BCUT2D eigenvalue weighted by Gasteiger charge is 2.29. The highest BCUT2D eigenvalue weighted by atomic mass is 32.1. The summed E-state index contributed by atoms with van der Waals surface area (Å²) in [5.41, 5.74) is 7.67. The van der Waals surface area contributed by atoms with Crippen molar-refractivity contribution in [1.29, 1.82) is 0 Å². The second-order valence-corrected chi connectivity index (χ2v) is 19.0. The Labute approximate surface area is 302 Å². The minimum Gasteiger partial charge on any atom is -0.172 e. The zero-order chi connectivity index (χ0) is 33.5. The van der Waals surface area contributed by atoms with Crippen LogP contribution in [0.15, 0.2) is 48.5 Å². The van der Waals surface area contributed by atoms with Crippen LogP contribution in [-0.2, 0) is 18.3 Å². The smallest absolute Gasteiger partial charge is 0.114 e. The third-order valence-electron chi connectivity index (χ3n) is 9.73. The molecule has 1 unspecified atom stereocenters. The molecule has 7 heteroatoms. The van der Waals surface area contributed by atoms with Gasteiger partial charge in [-0.1, -0.05) is 74.4 Å². The van der Waals surface area contributed by atoms with Crippen molar-refractivity contribution in [3.63, 3.8) is 0 Å². The summed E-state index contributed by atoms with van der Waals surface area (Å²) in [7, 11) is 0. The Morgan fingerprint density at radius 3 is 1.79 bits per heavy atom. The summed E-state index contributed by atoms with van der Waals surface area (Å²) in [6, 6.07) is 18.9. The molecule has 5 heterocycles. The van der Waals surface area contributed by atoms with Gasteiger partial charge in [0.2, 0.25) is 0 Å². The van der Waals surface area contributed by atoms with E-state index >= 15 is 0 Å². The van der Waals surface area contributed by atoms with Crippen LogP contribution in [0.2, 0.25) is 0 Å². The van der Waals surface area contributed by atoms with E-state index in [9.17, 15) is 0 Å². The van der Waals surface area contributed by atoms with Gasteiger partial charge in [-0.15, -0.1) is 45.3 Å². The highest BCUT2D eigenvalue weighted by Crippen LogP contribution is 2.48. The number of hydrogen-bond donors (Lipinski definition) is 0. The number of fused-ring (bicyclic) bond motifs is 1. The van der Waals surface area contributed by atoms with Crippen molar-refractivity contribution in [1.82, 2.24) is 8.75 Å². The molecule has 6 rings (SSSR count). The Morgan fingerprint density at radius 1 is 0.617 bits per heavy atom. The molecule has 248 valence electrons. The predicted octanol–water partition coefficient (Wildman–Crippen LogP) is 14.6. The van der Waals surface area contributed by atoms with Gasteiger partial charge in [0.25, 0.3) is 0 Å². The molecule has 0 N–H and O–H groups in total. The van der Waals surface area contributed by atoms with E-state index in [4.69, 9.17) is 8.75 Å². The number of aromatic nitrogens is 2. The lowest BCUT2D eigenvalue weighted by atomic mass is 9.80. The zero-order valence-electron chi connectivity index (χ0n) is 29.3. The van der Waals surface area contributed by atoms with Gasteiger partial charge in [0.15, 0.2) is 0 Å². The fourth-order valence-electron chi connectivity index (χ4n) is 6.40. The fraction of sp³-hybridized carbons (Fsp3) is 0.450. The molecule has 2 nitrogen and oxygen atoms in total. The van der Waals surface area contributed by atoms with Crippen LogP contribution in [0.4, 0.5) is 0 Å². The third-order valence-corrected chi connectivity index (χ3v) is 15.8. The van der Waals surface area contributed by atoms with E-state index in [2.05, 4.69) is 111 Å². The van der Waals surface area contributed by atoms with Crippen LogP contribution in [0.1, 0.15) is 108 Å². The maximum atomic E-state index is 4.93. The molecule has 0 fully saturated rings. The second kappa shape index (κ2) is 14.4. The molecular formula is C40H48N2S5. The quantitative estimate of drug-likeness (QED) is 0.119. The number of benzene rings is 1. The van der Waals surface area contributed by atoms with Gasteiger partial charge in [-0.25, -0.2) is 0 Å². The molecule has 1 aromatic carbocycles. The molecular weight excluding hydrogens is 669 g/mol. The number of nitrogens with zero attached hydrogens (tertiary/aromatic N) is 2. The third kappa shape index (κ3) is 6.98. The lowest BCUT2D eigenvalue weighted by molar-refractivity contribution is 0.442. The summed E-state index contributed by atoms with van der Waals surface area (Å²) in [5.74, 6) is 1.82. The Balaban J connectivity index is 1.40. The summed E-state index contributed by atoms with van der Waals surface area (Å²) in [5, 5.41) is 0. The van der Waals surface area contributed by atoms with E-state index in [1.165, 1.54) is 74.5 Å². The van der Waals surface area contributed by atoms with Crippen molar-refractivity contribution in [2.45, 2.75) is 106 Å². The minimum atomic E-state index is 0.202. The molecule has 6 aromatic rings. The first-order valence-electron chi connectivity index (χ1n) is 17.3. The van der Waals surface area contributed by atoms with E-state index in [-0.39, 0.29) is 5.41 Å². The molecule has 0 saturated carbocycles. The first-order valence-corrected chi connectivity index (χ1v) is 21.3. The van der Waals surface area contributed by atoms with Crippen molar-refractivity contribution >= 4 is 68.1 Å². The SMILES string of the molecule is CCC(C)c1ccc(-c2ccc(-c3sc(-c4ccc(-c5cc(CC(C)C)c(C(C)(CC)CC)s5)c5nsnc45)cc3CC(C)C)s2)s1. The van der Waals surface area contributed by atoms with Crippen molar-refractivity contribution in [2.24, 2.45) is 11.8 Å². The summed E-state index contributed by atoms with van der Waals surface area (Å²) in [4.78, 5) is 11.2. The van der Waals surface area contributed by atoms with Crippen molar-refractivity contribution in [2.75, 3.05) is 0 Å². The molecule has 0 radical (unpaired) electrons. The maximum Gasteiger partial charge on any atom is 0.114 e. The molecule has 0 amide bonds. The maximum absolute atomic E-state index is 4.93. The van der Waals surface area contributed by atoms with Gasteiger partial charge in [-0.05, 0) is 97.4 Å². The largest absolute Gasteiger partial charge is 0.172 e. The van der Waals surface area contributed by atoms with Crippen molar-refractivity contribution in [3.05, 3.63) is 69.4 Å². The van der Waals surface area contributed by atoms with Gasteiger partial charge in [0.1, 0.15) is 11.0 Å². The molecule has 0 aliphatic carbocycles. The van der Waals surface area contributed by atoms with Gasteiger partial charge >= 0.3 is 0 Å². The van der Waals surface area contributed by atoms with E-state index in [0.29, 0.717) is 17.8 Å². The Hall–Kier alpha value is -2.16. The summed E-state index contributed by atoms with van der Waals surface area (Å²) in [6.07, 6.45) is 5.67. The monoisotopic (exact) mass is 716 g/mol. The predicted molar refractivity (Wildman–Crippen MR) is 214 cm³/mol. The first kappa shape index (κ1) is 34.7. The van der Waals surface area contributed by atoms with Crippen LogP contribution in [0.5, 0.6) is 0 Å². The molecule has 1 atom stereocenters. The topological polar surface area (TPSA) is 25.8 Å². The molecule has 47 heavy (non-hydrogen) atoms. The number of hydrogen-bond acceptors (Lipinski definition) is 7. The van der Waals surface area contributed by atoms with E-state index in [0.717, 1.165) is 36.7 Å². The van der Waals surface area contributed by atoms with E-state index < -0.39 is 0 Å². The summed E-state index contributed by atoms with van der Waals surface area (Å²) in [6.45, 7) is 21.0. The van der Waals surface area contributed by atoms with Gasteiger partial charge in [0.05, 0.1) is 11.7 Å². The molecule has 5 aromatic heterocycles. The second-order valence-electron chi connectivity index (χ2n) is 14.2. The molecule has 0 spiro atoms. The lowest BCUT2D eigenvalue weighted by Crippen LogP contribution is -2.20. The number of rotatable bonds is 13. The fourth-order valence-corrected chi connectivity index (χ4v) is 12.1. The van der Waals surface area contributed by atoms with E-state index in [1.807, 2.05) is 45.3 Å². The van der Waals surface area contributed by atoms with Crippen LogP contribution >= 0.6 is 57.1 Å². The van der Waals surface area contributed by atoms with Crippen LogP contribution < -0.4 is 0 Å². The number of thiophene rings is 4. The van der Waals surface area contributed by atoms with Crippen molar-refractivity contribution < 1.29 is 0 Å². The van der Waals surface area contributed by atoms with E-state index in [1.54, 1.807) is 4.88 Å². The first-order chi connectivity index (χ1) is 22.5. The standard InChI is InChI=1S/C40H48N2S5/c1-10-25(8)30-15-16-31(43-30)32-17-18-33(44-32)38-26(19-23(4)5)21-34(45-38)28-13-14-29(37-36(28)41-47-42-37)35-22-27(20-24(6)7)39(46-35)40(9,11-2)12-3/h13-18,21-25H,10-12,19-20H2,1-9H3. The summed E-state index contributed by atoms with van der Waals surface area (Å²) >= 11 is 9.15. The lowest BCUT2D eigenvalue weighted by Gasteiger charge is -2.27. The average molecular weight is 717 g/mol. The Morgan fingerprint density at radius 2 is 1.17 bits per heavy atom. The van der Waals surface area contributed by atoms with Crippen LogP contribution in [0.3, 0.4) is 0 Å². The molecule has 0 bridgehead atoms. The van der Waals surface area contributed by atoms with Crippen molar-refractivity contribution in [3.8, 4) is 40.4 Å². The van der Waals surface area contributed by atoms with Crippen LogP contribution in [0.25, 0.3) is 51.4 Å². The van der Waals surface area contributed by atoms with Gasteiger partial charge < -0.3 is 0 Å². The van der Waals surface area contributed by atoms with Crippen LogP contribution in [-0.4, -0.2) is 8.75 Å². The summed E-state index contributed by atoms with van der Waals surface area (Å²) < 4.78 is 9.85. The molecule has 0 aliphatic heterocycles. The normalized spacial score (nSPS) is 13.1. The minimum absolute atomic E-state index is 0.202. The van der Waals surface area contributed by atoms with Gasteiger partial charge in [-0.2, -0.15) is 8.75 Å². The highest BCUT2D eigenvalue weighted by molar-refractivity contribution is 7.27. The molecule has 0 saturated heterocycles. The van der Waals surface area contributed by atoms with Crippen LogP contribution in [0, 0.1) is 11.8 Å². The van der Waals surface area contributed by atoms with Gasteiger partial charge in [-0.3, -0.25) is 0 Å². The Kier molecular flexibility index (Phi) is 10.6. The zero-order valence-corrected chi connectivity index (χ0v) is 33.4. The molecule has 0 aliphatic rings.